The number of pyridine rings is 1. The average Bonchev–Trinajstić information content (AvgIpc) is 3.36. The van der Waals surface area contributed by atoms with Crippen molar-refractivity contribution < 1.29 is 18.9 Å². The molecular weight excluding hydrogens is 380 g/mol. The predicted molar refractivity (Wildman–Crippen MR) is 113 cm³/mol. The second kappa shape index (κ2) is 7.29. The van der Waals surface area contributed by atoms with E-state index in [9.17, 15) is 0 Å². The number of methoxy groups -OCH3 is 2. The summed E-state index contributed by atoms with van der Waals surface area (Å²) >= 11 is 0. The Bertz CT molecular complexity index is 963. The molecule has 0 amide bonds. The van der Waals surface area contributed by atoms with Crippen LogP contribution in [0.3, 0.4) is 0 Å². The minimum absolute atomic E-state index is 0.0569. The van der Waals surface area contributed by atoms with Crippen molar-refractivity contribution in [3.63, 3.8) is 0 Å². The predicted octanol–water partition coefficient (Wildman–Crippen LogP) is 3.83. The van der Waals surface area contributed by atoms with Crippen molar-refractivity contribution in [2.24, 2.45) is 0 Å². The largest absolute Gasteiger partial charge is 0.493 e. The zero-order valence-electron chi connectivity index (χ0n) is 17.8. The molecule has 2 aliphatic heterocycles. The zero-order valence-corrected chi connectivity index (χ0v) is 17.8. The van der Waals surface area contributed by atoms with Crippen LogP contribution in [0.1, 0.15) is 36.5 Å². The minimum atomic E-state index is -0.672. The number of nitrogens with zero attached hydrogens (tertiary/aromatic N) is 2. The van der Waals surface area contributed by atoms with E-state index in [0.717, 1.165) is 42.9 Å². The molecule has 0 saturated carbocycles. The summed E-state index contributed by atoms with van der Waals surface area (Å²) in [5.41, 5.74) is 3.53. The maximum absolute atomic E-state index is 6.48. The highest BCUT2D eigenvalue weighted by atomic mass is 16.7. The highest BCUT2D eigenvalue weighted by Gasteiger charge is 2.53. The van der Waals surface area contributed by atoms with Crippen molar-refractivity contribution in [3.05, 3.63) is 65.6 Å². The van der Waals surface area contributed by atoms with E-state index in [-0.39, 0.29) is 11.5 Å². The van der Waals surface area contributed by atoms with Gasteiger partial charge in [-0.3, -0.25) is 4.98 Å². The van der Waals surface area contributed by atoms with Gasteiger partial charge in [-0.15, -0.1) is 0 Å². The first kappa shape index (κ1) is 19.4. The highest BCUT2D eigenvalue weighted by molar-refractivity contribution is 5.50. The average molecular weight is 408 g/mol. The molecule has 1 spiro atoms. The van der Waals surface area contributed by atoms with Gasteiger partial charge in [-0.25, -0.2) is 0 Å². The number of hydrogen-bond donors (Lipinski definition) is 0. The molecule has 1 aromatic carbocycles. The van der Waals surface area contributed by atoms with E-state index in [2.05, 4.69) is 35.1 Å². The van der Waals surface area contributed by atoms with E-state index in [1.807, 2.05) is 24.4 Å². The van der Waals surface area contributed by atoms with Gasteiger partial charge < -0.3 is 23.8 Å². The first-order valence-electron chi connectivity index (χ1n) is 10.5. The van der Waals surface area contributed by atoms with Crippen LogP contribution in [-0.2, 0) is 14.9 Å². The molecule has 2 aromatic rings. The summed E-state index contributed by atoms with van der Waals surface area (Å²) in [5, 5.41) is 0. The van der Waals surface area contributed by atoms with E-state index in [0.29, 0.717) is 6.61 Å². The minimum Gasteiger partial charge on any atom is -0.493 e. The number of fused-ring (bicyclic) bond motifs is 1. The van der Waals surface area contributed by atoms with E-state index >= 15 is 0 Å². The van der Waals surface area contributed by atoms with Gasteiger partial charge in [-0.2, -0.15) is 0 Å². The lowest BCUT2D eigenvalue weighted by molar-refractivity contribution is -0.143. The van der Waals surface area contributed by atoms with Gasteiger partial charge in [-0.1, -0.05) is 12.1 Å². The molecule has 1 aliphatic carbocycles. The zero-order chi connectivity index (χ0) is 20.8. The van der Waals surface area contributed by atoms with Crippen LogP contribution in [0.25, 0.3) is 0 Å². The number of likely N-dealkylation sites (tertiary alicyclic amines) is 1. The molecule has 1 aromatic heterocycles. The van der Waals surface area contributed by atoms with Gasteiger partial charge in [0.05, 0.1) is 20.8 Å². The summed E-state index contributed by atoms with van der Waals surface area (Å²) in [4.78, 5) is 6.56. The van der Waals surface area contributed by atoms with Gasteiger partial charge in [0, 0.05) is 49.1 Å². The maximum Gasteiger partial charge on any atom is 0.190 e. The molecule has 3 atom stereocenters. The molecule has 158 valence electrons. The molecule has 0 bridgehead atoms. The Morgan fingerprint density at radius 2 is 1.97 bits per heavy atom. The summed E-state index contributed by atoms with van der Waals surface area (Å²) in [6.07, 6.45) is 8.61. The first-order chi connectivity index (χ1) is 14.6. The van der Waals surface area contributed by atoms with Gasteiger partial charge in [-0.05, 0) is 42.7 Å². The molecule has 0 N–H and O–H groups in total. The fraction of sp³-hybridized carbons (Fsp3) is 0.458. The summed E-state index contributed by atoms with van der Waals surface area (Å²) in [7, 11) is 5.51. The SMILES string of the molecule is COc1ccc([C@]23CCN(C)C2=CC2(CC3)OC[C@H](c3cccnc3)O2)cc1OC. The molecule has 2 saturated heterocycles. The number of allylic oxidation sites excluding steroid dienone is 1. The van der Waals surface area contributed by atoms with Gasteiger partial charge in [0.1, 0.15) is 6.10 Å². The number of likely N-dealkylation sites (N-methyl/N-ethyl adjacent to an activating group) is 1. The molecule has 6 heteroatoms. The summed E-state index contributed by atoms with van der Waals surface area (Å²) < 4.78 is 23.8. The van der Waals surface area contributed by atoms with E-state index in [1.54, 1.807) is 20.4 Å². The van der Waals surface area contributed by atoms with E-state index in [1.165, 1.54) is 11.3 Å². The van der Waals surface area contributed by atoms with Crippen molar-refractivity contribution >= 4 is 0 Å². The lowest BCUT2D eigenvalue weighted by Gasteiger charge is -2.41. The Hall–Kier alpha value is -2.57. The second-order valence-corrected chi connectivity index (χ2v) is 8.37. The Morgan fingerprint density at radius 3 is 2.73 bits per heavy atom. The third-order valence-corrected chi connectivity index (χ3v) is 6.85. The van der Waals surface area contributed by atoms with Crippen LogP contribution in [0, 0.1) is 0 Å². The number of rotatable bonds is 4. The van der Waals surface area contributed by atoms with Crippen molar-refractivity contribution in [2.45, 2.75) is 36.6 Å². The van der Waals surface area contributed by atoms with Gasteiger partial charge >= 0.3 is 0 Å². The lowest BCUT2D eigenvalue weighted by Crippen LogP contribution is -2.41. The first-order valence-corrected chi connectivity index (χ1v) is 10.5. The molecule has 5 rings (SSSR count). The normalized spacial score (nSPS) is 30.3. The molecule has 1 unspecified atom stereocenters. The second-order valence-electron chi connectivity index (χ2n) is 8.37. The van der Waals surface area contributed by atoms with Gasteiger partial charge in [0.2, 0.25) is 0 Å². The van der Waals surface area contributed by atoms with Crippen LogP contribution in [-0.4, -0.2) is 50.1 Å². The number of ether oxygens (including phenoxy) is 4. The maximum atomic E-state index is 6.48. The van der Waals surface area contributed by atoms with Crippen molar-refractivity contribution in [3.8, 4) is 11.5 Å². The third-order valence-electron chi connectivity index (χ3n) is 6.85. The lowest BCUT2D eigenvalue weighted by atomic mass is 9.69. The molecule has 2 fully saturated rings. The number of hydrogen-bond acceptors (Lipinski definition) is 6. The van der Waals surface area contributed by atoms with Crippen LogP contribution < -0.4 is 9.47 Å². The smallest absolute Gasteiger partial charge is 0.190 e. The van der Waals surface area contributed by atoms with Crippen LogP contribution in [0.2, 0.25) is 0 Å². The van der Waals surface area contributed by atoms with E-state index in [4.69, 9.17) is 18.9 Å². The van der Waals surface area contributed by atoms with Crippen molar-refractivity contribution in [2.75, 3.05) is 34.4 Å². The summed E-state index contributed by atoms with van der Waals surface area (Å²) in [5.74, 6) is 0.848. The molecule has 6 nitrogen and oxygen atoms in total. The molecule has 3 aliphatic rings. The number of aromatic nitrogens is 1. The molecule has 0 radical (unpaired) electrons. The van der Waals surface area contributed by atoms with Crippen LogP contribution in [0.4, 0.5) is 0 Å². The Kier molecular flexibility index (Phi) is 4.71. The molecule has 3 heterocycles. The fourth-order valence-electron chi connectivity index (χ4n) is 5.18. The quantitative estimate of drug-likeness (QED) is 0.766. The third kappa shape index (κ3) is 2.97. The topological polar surface area (TPSA) is 53.1 Å². The Labute approximate surface area is 177 Å². The van der Waals surface area contributed by atoms with Crippen molar-refractivity contribution in [1.82, 2.24) is 9.88 Å². The Balaban J connectivity index is 1.50. The van der Waals surface area contributed by atoms with E-state index < -0.39 is 5.79 Å². The fourth-order valence-corrected chi connectivity index (χ4v) is 5.18. The van der Waals surface area contributed by atoms with Gasteiger partial charge in [0.15, 0.2) is 17.3 Å². The molecule has 30 heavy (non-hydrogen) atoms. The van der Waals surface area contributed by atoms with Crippen molar-refractivity contribution in [1.29, 1.82) is 0 Å². The monoisotopic (exact) mass is 408 g/mol. The summed E-state index contributed by atoms with van der Waals surface area (Å²) in [6, 6.07) is 10.3. The number of benzene rings is 1. The summed E-state index contributed by atoms with van der Waals surface area (Å²) in [6.45, 7) is 1.55. The Morgan fingerprint density at radius 1 is 1.10 bits per heavy atom. The van der Waals surface area contributed by atoms with Crippen LogP contribution in [0.5, 0.6) is 11.5 Å². The molecular formula is C24H28N2O4. The van der Waals surface area contributed by atoms with Crippen LogP contribution in [0.15, 0.2) is 54.5 Å². The van der Waals surface area contributed by atoms with Gasteiger partial charge in [0.25, 0.3) is 0 Å². The standard InChI is InChI=1S/C24H28N2O4/c1-26-12-10-23(18-6-7-19(27-2)20(13-18)28-3)8-9-24(14-22(23)26)29-16-21(30-24)17-5-4-11-25-15-17/h4-7,11,13-15,21H,8-10,12,16H2,1-3H3/t21-,23+,24?/m1/s1. The highest BCUT2D eigenvalue weighted by Crippen LogP contribution is 2.54. The van der Waals surface area contributed by atoms with Crippen LogP contribution >= 0.6 is 0 Å².